The van der Waals surface area contributed by atoms with Gasteiger partial charge in [0.15, 0.2) is 0 Å². The first-order valence-electron chi connectivity index (χ1n) is 4.46. The second-order valence-electron chi connectivity index (χ2n) is 2.54. The summed E-state index contributed by atoms with van der Waals surface area (Å²) in [5.74, 6) is 0. The molecule has 0 aromatic rings. The summed E-state index contributed by atoms with van der Waals surface area (Å²) >= 11 is -0.189. The van der Waals surface area contributed by atoms with Crippen molar-refractivity contribution in [3.8, 4) is 0 Å². The molecule has 4 heteroatoms. The Morgan fingerprint density at radius 3 is 1.75 bits per heavy atom. The summed E-state index contributed by atoms with van der Waals surface area (Å²) in [4.78, 5) is 0. The molecule has 0 aliphatic carbocycles. The van der Waals surface area contributed by atoms with Crippen LogP contribution in [0.2, 0.25) is 0 Å². The van der Waals surface area contributed by atoms with Gasteiger partial charge in [-0.15, -0.1) is 0 Å². The zero-order chi connectivity index (χ0) is 8.36. The fourth-order valence-corrected chi connectivity index (χ4v) is 1.22. The van der Waals surface area contributed by atoms with E-state index >= 15 is 0 Å². The average molecular weight is 197 g/mol. The molecule has 0 N–H and O–H groups in total. The van der Waals surface area contributed by atoms with E-state index in [-0.39, 0.29) is 46.9 Å². The molecular weight excluding hydrogens is 178 g/mol. The smallest absolute Gasteiger partial charge is 1.00 e. The first kappa shape index (κ1) is 15.9. The summed E-state index contributed by atoms with van der Waals surface area (Å²) < 4.78 is 10.6. The van der Waals surface area contributed by atoms with Crippen molar-refractivity contribution in [1.29, 1.82) is 0 Å². The molecule has 0 saturated heterocycles. The summed E-state index contributed by atoms with van der Waals surface area (Å²) in [6, 6.07) is 0. The predicted octanol–water partition coefficient (Wildman–Crippen LogP) is -0.729. The van der Waals surface area contributed by atoms with Gasteiger partial charge in [-0.2, -0.15) is 0 Å². The van der Waals surface area contributed by atoms with Crippen LogP contribution in [0.3, 0.4) is 0 Å². The molecule has 0 heterocycles. The quantitative estimate of drug-likeness (QED) is 0.377. The standard InChI is InChI=1S/2C4H9O.Al.Na.H/c2*1-2-3-4-5;;;/h2*2-4H2,1H3;;;/q2*-1;+2;+1;-1. The van der Waals surface area contributed by atoms with E-state index in [1.807, 2.05) is 0 Å². The molecule has 12 heavy (non-hydrogen) atoms. The van der Waals surface area contributed by atoms with Crippen LogP contribution in [-0.4, -0.2) is 29.1 Å². The van der Waals surface area contributed by atoms with Gasteiger partial charge in [-0.05, 0) is 12.8 Å². The van der Waals surface area contributed by atoms with Crippen molar-refractivity contribution in [1.82, 2.24) is 0 Å². The summed E-state index contributed by atoms with van der Waals surface area (Å²) in [5.41, 5.74) is 0. The molecule has 1 radical (unpaired) electrons. The van der Waals surface area contributed by atoms with Crippen LogP contribution in [0.4, 0.5) is 0 Å². The molecule has 0 bridgehead atoms. The third-order valence-electron chi connectivity index (χ3n) is 1.37. The van der Waals surface area contributed by atoms with Gasteiger partial charge in [-0.3, -0.25) is 0 Å². The predicted molar refractivity (Wildman–Crippen MR) is 48.6 cm³/mol. The van der Waals surface area contributed by atoms with E-state index in [1.54, 1.807) is 0 Å². The number of unbranched alkanes of at least 4 members (excludes halogenated alkanes) is 2. The van der Waals surface area contributed by atoms with Gasteiger partial charge in [-0.1, -0.05) is 26.7 Å². The zero-order valence-electron chi connectivity index (χ0n) is 9.64. The van der Waals surface area contributed by atoms with Crippen LogP contribution < -0.4 is 29.6 Å². The van der Waals surface area contributed by atoms with Crippen molar-refractivity contribution in [3.63, 3.8) is 0 Å². The van der Waals surface area contributed by atoms with Crippen LogP contribution in [0.15, 0.2) is 0 Å². The average Bonchev–Trinajstić information content (AvgIpc) is 2.03. The Morgan fingerprint density at radius 1 is 1.00 bits per heavy atom. The van der Waals surface area contributed by atoms with Crippen LogP contribution in [0.25, 0.3) is 0 Å². The third kappa shape index (κ3) is 14.0. The fraction of sp³-hybridized carbons (Fsp3) is 1.00. The maximum Gasteiger partial charge on any atom is 1.00 e. The van der Waals surface area contributed by atoms with E-state index in [4.69, 9.17) is 7.58 Å². The van der Waals surface area contributed by atoms with E-state index in [9.17, 15) is 0 Å². The monoisotopic (exact) mass is 197 g/mol. The van der Waals surface area contributed by atoms with Gasteiger partial charge in [0, 0.05) is 13.2 Å². The maximum absolute atomic E-state index is 5.28. The van der Waals surface area contributed by atoms with Crippen LogP contribution in [-0.2, 0) is 7.58 Å². The molecule has 0 unspecified atom stereocenters. The molecule has 0 spiro atoms. The minimum atomic E-state index is -0.189. The largest absolute Gasteiger partial charge is 1.00 e. The van der Waals surface area contributed by atoms with Crippen molar-refractivity contribution < 1.29 is 38.6 Å². The van der Waals surface area contributed by atoms with Crippen molar-refractivity contribution >= 4 is 15.9 Å². The Morgan fingerprint density at radius 2 is 1.42 bits per heavy atom. The van der Waals surface area contributed by atoms with E-state index in [1.165, 1.54) is 12.8 Å². The summed E-state index contributed by atoms with van der Waals surface area (Å²) in [5, 5.41) is 0. The number of hydrogen-bond donors (Lipinski definition) is 0. The van der Waals surface area contributed by atoms with Gasteiger partial charge in [-0.25, -0.2) is 0 Å². The van der Waals surface area contributed by atoms with Crippen molar-refractivity contribution in [2.45, 2.75) is 39.5 Å². The van der Waals surface area contributed by atoms with Gasteiger partial charge >= 0.3 is 45.4 Å². The van der Waals surface area contributed by atoms with Crippen molar-refractivity contribution in [3.05, 3.63) is 0 Å². The van der Waals surface area contributed by atoms with Crippen molar-refractivity contribution in [2.24, 2.45) is 0 Å². The molecule has 0 amide bonds. The normalized spacial score (nSPS) is 9.17. The third-order valence-corrected chi connectivity index (χ3v) is 2.11. The van der Waals surface area contributed by atoms with Crippen LogP contribution in [0, 0.1) is 0 Å². The van der Waals surface area contributed by atoms with Gasteiger partial charge in [0.2, 0.25) is 0 Å². The molecule has 0 fully saturated rings. The first-order chi connectivity index (χ1) is 5.41. The van der Waals surface area contributed by atoms with Gasteiger partial charge in [0.1, 0.15) is 0 Å². The molecule has 67 valence electrons. The van der Waals surface area contributed by atoms with Crippen LogP contribution in [0.1, 0.15) is 41.0 Å². The Hall–Kier alpha value is 1.45. The van der Waals surface area contributed by atoms with E-state index in [2.05, 4.69) is 13.8 Å². The molecule has 0 atom stereocenters. The molecule has 0 aromatic carbocycles. The fourth-order valence-electron chi connectivity index (χ4n) is 0.600. The molecule has 0 rings (SSSR count). The van der Waals surface area contributed by atoms with Crippen LogP contribution >= 0.6 is 0 Å². The Bertz CT molecular complexity index is 71.2. The first-order valence-corrected chi connectivity index (χ1v) is 5.41. The van der Waals surface area contributed by atoms with E-state index in [0.717, 1.165) is 26.1 Å². The Kier molecular flexibility index (Phi) is 19.8. The summed E-state index contributed by atoms with van der Waals surface area (Å²) in [6.45, 7) is 6.07. The molecule has 0 aliphatic rings. The van der Waals surface area contributed by atoms with E-state index in [0.29, 0.717) is 0 Å². The molecule has 0 saturated carbocycles. The second-order valence-corrected chi connectivity index (χ2v) is 3.40. The zero-order valence-corrected chi connectivity index (χ0v) is 11.8. The van der Waals surface area contributed by atoms with Crippen molar-refractivity contribution in [2.75, 3.05) is 13.2 Å². The summed E-state index contributed by atoms with van der Waals surface area (Å²) in [6.07, 6.45) is 4.72. The number of rotatable bonds is 8. The van der Waals surface area contributed by atoms with Gasteiger partial charge in [0.05, 0.1) is 0 Å². The SMILES string of the molecule is CCCC[O][Al][O]CCCC.[H-].[Na+]. The Labute approximate surface area is 107 Å². The molecule has 2 nitrogen and oxygen atoms in total. The maximum atomic E-state index is 5.28. The van der Waals surface area contributed by atoms with E-state index < -0.39 is 0 Å². The summed E-state index contributed by atoms with van der Waals surface area (Å²) in [7, 11) is 0. The van der Waals surface area contributed by atoms with Gasteiger partial charge < -0.3 is 9.00 Å². The Balaban J connectivity index is -0.000000500. The molecular formula is C8H19AlNaO2. The topological polar surface area (TPSA) is 18.5 Å². The minimum Gasteiger partial charge on any atom is -1.00 e. The minimum absolute atomic E-state index is 0. The molecule has 0 aliphatic heterocycles. The van der Waals surface area contributed by atoms with Gasteiger partial charge in [0.25, 0.3) is 0 Å². The molecule has 0 aromatic heterocycles. The second kappa shape index (κ2) is 14.9. The number of hydrogen-bond acceptors (Lipinski definition) is 2. The van der Waals surface area contributed by atoms with Crippen LogP contribution in [0.5, 0.6) is 0 Å².